The van der Waals surface area contributed by atoms with Gasteiger partial charge < -0.3 is 5.11 Å². The molecule has 0 amide bonds. The van der Waals surface area contributed by atoms with Crippen molar-refractivity contribution < 1.29 is 5.11 Å². The number of hydrogen-bond donors (Lipinski definition) is 2. The second kappa shape index (κ2) is 5.86. The summed E-state index contributed by atoms with van der Waals surface area (Å²) in [5, 5.41) is 8.36. The van der Waals surface area contributed by atoms with Gasteiger partial charge in [0.15, 0.2) is 0 Å². The number of aliphatic hydroxyl groups excluding tert-OH is 1. The van der Waals surface area contributed by atoms with E-state index in [1.165, 1.54) is 6.08 Å². The molecule has 0 heterocycles. The molecule has 0 aliphatic heterocycles. The van der Waals surface area contributed by atoms with Crippen LogP contribution in [-0.2, 0) is 0 Å². The zero-order valence-corrected chi connectivity index (χ0v) is 7.38. The Morgan fingerprint density at radius 1 is 1.55 bits per heavy atom. The first-order valence-electron chi connectivity index (χ1n) is 3.24. The molecule has 1 N–H and O–H groups in total. The maximum absolute atomic E-state index is 8.36. The van der Waals surface area contributed by atoms with Crippen LogP contribution in [0.15, 0.2) is 47.6 Å². The van der Waals surface area contributed by atoms with Crippen LogP contribution in [0.4, 0.5) is 0 Å². The molecule has 0 bridgehead atoms. The van der Waals surface area contributed by atoms with E-state index < -0.39 is 0 Å². The lowest BCUT2D eigenvalue weighted by Crippen LogP contribution is -1.74. The van der Waals surface area contributed by atoms with E-state index in [2.05, 4.69) is 19.2 Å². The highest BCUT2D eigenvalue weighted by Gasteiger charge is 1.89. The van der Waals surface area contributed by atoms with E-state index in [9.17, 15) is 0 Å². The van der Waals surface area contributed by atoms with Crippen LogP contribution in [-0.4, -0.2) is 5.11 Å². The summed E-state index contributed by atoms with van der Waals surface area (Å²) in [7, 11) is 0. The minimum atomic E-state index is 0.682. The fourth-order valence-electron chi connectivity index (χ4n) is 0.574. The van der Waals surface area contributed by atoms with Gasteiger partial charge in [-0.2, -0.15) is 0 Å². The average molecular weight is 168 g/mol. The van der Waals surface area contributed by atoms with Crippen molar-refractivity contribution >= 4 is 12.6 Å². The van der Waals surface area contributed by atoms with E-state index >= 15 is 0 Å². The van der Waals surface area contributed by atoms with Gasteiger partial charge in [-0.3, -0.25) is 0 Å². The zero-order chi connectivity index (χ0) is 8.69. The van der Waals surface area contributed by atoms with Gasteiger partial charge in [0.2, 0.25) is 0 Å². The minimum absolute atomic E-state index is 0.682. The number of rotatable bonds is 3. The second-order valence-electron chi connectivity index (χ2n) is 1.91. The highest BCUT2D eigenvalue weighted by Crippen LogP contribution is 2.12. The number of allylic oxidation sites excluding steroid dienone is 5. The molecule has 0 aliphatic rings. The summed E-state index contributed by atoms with van der Waals surface area (Å²) >= 11 is 4.07. The van der Waals surface area contributed by atoms with Gasteiger partial charge in [-0.25, -0.2) is 0 Å². The largest absolute Gasteiger partial charge is 0.516 e. The van der Waals surface area contributed by atoms with Crippen molar-refractivity contribution in [3.05, 3.63) is 47.6 Å². The molecule has 0 atom stereocenters. The predicted octanol–water partition coefficient (Wildman–Crippen LogP) is 3.00. The quantitative estimate of drug-likeness (QED) is 0.377. The molecule has 0 spiro atoms. The lowest BCUT2D eigenvalue weighted by molar-refractivity contribution is 0.473. The lowest BCUT2D eigenvalue weighted by Gasteiger charge is -1.95. The Kier molecular flexibility index (Phi) is 5.39. The molecule has 0 fully saturated rings. The maximum atomic E-state index is 8.36. The Balaban J connectivity index is 4.45. The van der Waals surface area contributed by atoms with E-state index in [1.807, 2.05) is 19.1 Å². The monoisotopic (exact) mass is 168 g/mol. The topological polar surface area (TPSA) is 20.2 Å². The van der Waals surface area contributed by atoms with Gasteiger partial charge in [0, 0.05) is 4.91 Å². The minimum Gasteiger partial charge on any atom is -0.516 e. The Hall–Kier alpha value is -0.890. The zero-order valence-electron chi connectivity index (χ0n) is 6.49. The highest BCUT2D eigenvalue weighted by atomic mass is 32.1. The molecule has 1 nitrogen and oxygen atoms in total. The number of aliphatic hydroxyl groups is 1. The van der Waals surface area contributed by atoms with Crippen LogP contribution in [0, 0.1) is 0 Å². The van der Waals surface area contributed by atoms with Crippen molar-refractivity contribution in [2.24, 2.45) is 0 Å². The first-order chi connectivity index (χ1) is 5.22. The van der Waals surface area contributed by atoms with Crippen molar-refractivity contribution in [3.8, 4) is 0 Å². The molecular formula is C9H12OS. The van der Waals surface area contributed by atoms with Crippen LogP contribution in [0.25, 0.3) is 0 Å². The normalized spacial score (nSPS) is 13.1. The Morgan fingerprint density at radius 2 is 2.18 bits per heavy atom. The summed E-state index contributed by atoms with van der Waals surface area (Å²) in [5.41, 5.74) is 0.890. The molecule has 0 aromatic carbocycles. The van der Waals surface area contributed by atoms with Crippen LogP contribution in [0.5, 0.6) is 0 Å². The fourth-order valence-corrected chi connectivity index (χ4v) is 0.723. The summed E-state index contributed by atoms with van der Waals surface area (Å²) in [4.78, 5) is 0.682. The van der Waals surface area contributed by atoms with Crippen molar-refractivity contribution in [3.63, 3.8) is 0 Å². The van der Waals surface area contributed by atoms with E-state index in [4.69, 9.17) is 5.11 Å². The Labute approximate surface area is 72.8 Å². The van der Waals surface area contributed by atoms with E-state index in [0.717, 1.165) is 11.8 Å². The molecule has 0 saturated carbocycles. The average Bonchev–Trinajstić information content (AvgIpc) is 1.97. The summed E-state index contributed by atoms with van der Waals surface area (Å²) < 4.78 is 0. The van der Waals surface area contributed by atoms with Crippen LogP contribution in [0.2, 0.25) is 0 Å². The van der Waals surface area contributed by atoms with Crippen molar-refractivity contribution in [1.29, 1.82) is 0 Å². The van der Waals surface area contributed by atoms with Crippen LogP contribution in [0.1, 0.15) is 6.92 Å². The predicted molar refractivity (Wildman–Crippen MR) is 52.8 cm³/mol. The van der Waals surface area contributed by atoms with Crippen LogP contribution in [0.3, 0.4) is 0 Å². The summed E-state index contributed by atoms with van der Waals surface area (Å²) in [6.07, 6.45) is 7.99. The first-order valence-corrected chi connectivity index (χ1v) is 3.69. The summed E-state index contributed by atoms with van der Waals surface area (Å²) in [6, 6.07) is 0. The lowest BCUT2D eigenvalue weighted by atomic mass is 10.2. The molecule has 0 unspecified atom stereocenters. The molecule has 0 aliphatic carbocycles. The molecular weight excluding hydrogens is 156 g/mol. The van der Waals surface area contributed by atoms with Gasteiger partial charge in [0.25, 0.3) is 0 Å². The number of hydrogen-bond acceptors (Lipinski definition) is 2. The molecule has 2 heteroatoms. The molecule has 0 rings (SSSR count). The molecule has 11 heavy (non-hydrogen) atoms. The standard InChI is InChI=1S/C9H12OS/c1-3-5-9(8(2)11)6-4-7-10/h3-7,10-11H,2H2,1H3/b5-3-,7-4+,9-6+. The molecule has 60 valence electrons. The molecule has 0 saturated heterocycles. The molecule has 0 radical (unpaired) electrons. The SMILES string of the molecule is C=C(S)C(/C=C\C)=C/C=C/O. The van der Waals surface area contributed by atoms with Gasteiger partial charge >= 0.3 is 0 Å². The van der Waals surface area contributed by atoms with Gasteiger partial charge in [-0.1, -0.05) is 24.8 Å². The summed E-state index contributed by atoms with van der Waals surface area (Å²) in [5.74, 6) is 0. The van der Waals surface area contributed by atoms with Crippen molar-refractivity contribution in [1.82, 2.24) is 0 Å². The van der Waals surface area contributed by atoms with Crippen LogP contribution < -0.4 is 0 Å². The Bertz CT molecular complexity index is 212. The molecule has 0 aromatic heterocycles. The Morgan fingerprint density at radius 3 is 2.55 bits per heavy atom. The fraction of sp³-hybridized carbons (Fsp3) is 0.111. The van der Waals surface area contributed by atoms with Crippen molar-refractivity contribution in [2.45, 2.75) is 6.92 Å². The van der Waals surface area contributed by atoms with Gasteiger partial charge in [0.1, 0.15) is 0 Å². The highest BCUT2D eigenvalue weighted by molar-refractivity contribution is 7.84. The first kappa shape index (κ1) is 10.1. The third-order valence-electron chi connectivity index (χ3n) is 1.04. The van der Waals surface area contributed by atoms with Gasteiger partial charge in [-0.05, 0) is 18.6 Å². The van der Waals surface area contributed by atoms with Crippen molar-refractivity contribution in [2.75, 3.05) is 0 Å². The van der Waals surface area contributed by atoms with E-state index in [1.54, 1.807) is 6.08 Å². The summed E-state index contributed by atoms with van der Waals surface area (Å²) in [6.45, 7) is 5.57. The third kappa shape index (κ3) is 4.51. The van der Waals surface area contributed by atoms with E-state index in [-0.39, 0.29) is 0 Å². The van der Waals surface area contributed by atoms with Gasteiger partial charge in [-0.15, -0.1) is 12.6 Å². The van der Waals surface area contributed by atoms with Gasteiger partial charge in [0.05, 0.1) is 6.26 Å². The van der Waals surface area contributed by atoms with Crippen LogP contribution >= 0.6 is 12.6 Å². The third-order valence-corrected chi connectivity index (χ3v) is 1.30. The maximum Gasteiger partial charge on any atom is 0.0791 e. The number of thiol groups is 1. The smallest absolute Gasteiger partial charge is 0.0791 e. The van der Waals surface area contributed by atoms with E-state index in [0.29, 0.717) is 4.91 Å². The molecule has 0 aromatic rings. The second-order valence-corrected chi connectivity index (χ2v) is 2.45.